The van der Waals surface area contributed by atoms with Crippen LogP contribution in [-0.2, 0) is 16.5 Å². The van der Waals surface area contributed by atoms with Crippen LogP contribution < -0.4 is 4.18 Å². The topological polar surface area (TPSA) is 130 Å². The Morgan fingerprint density at radius 1 is 0.958 bits per heavy atom. The fourth-order valence-electron chi connectivity index (χ4n) is 1.90. The highest BCUT2D eigenvalue weighted by atomic mass is 32.2. The number of nitro groups is 2. The van der Waals surface area contributed by atoms with Crippen molar-refractivity contribution in [3.8, 4) is 5.75 Å². The third-order valence-corrected chi connectivity index (χ3v) is 4.19. The number of hydrogen-bond donors (Lipinski definition) is 0. The Kier molecular flexibility index (Phi) is 5.09. The minimum absolute atomic E-state index is 0.171. The van der Waals surface area contributed by atoms with Crippen LogP contribution in [0.1, 0.15) is 5.56 Å². The average molecular weight is 352 g/mol. The Morgan fingerprint density at radius 2 is 1.62 bits per heavy atom. The van der Waals surface area contributed by atoms with Crippen molar-refractivity contribution in [1.29, 1.82) is 0 Å². The summed E-state index contributed by atoms with van der Waals surface area (Å²) in [7, 11) is -4.10. The highest BCUT2D eigenvalue weighted by molar-refractivity contribution is 7.87. The van der Waals surface area contributed by atoms with Gasteiger partial charge in [0.05, 0.1) is 21.7 Å². The lowest BCUT2D eigenvalue weighted by Crippen LogP contribution is -2.16. The van der Waals surface area contributed by atoms with Gasteiger partial charge in [0.15, 0.2) is 0 Å². The highest BCUT2D eigenvalue weighted by Crippen LogP contribution is 2.32. The summed E-state index contributed by atoms with van der Waals surface area (Å²) < 4.78 is 28.7. The van der Waals surface area contributed by atoms with Crippen LogP contribution in [0.4, 0.5) is 11.4 Å². The van der Waals surface area contributed by atoms with E-state index in [-0.39, 0.29) is 12.2 Å². The Hall–Kier alpha value is -3.01. The Labute approximate surface area is 136 Å². The van der Waals surface area contributed by atoms with Crippen LogP contribution in [0.3, 0.4) is 0 Å². The standard InChI is InChI=1S/C14H12N2O7S/c17-15(18)12-6-7-14(13(10-12)16(19)20)23-24(21,22)9-8-11-4-2-1-3-5-11/h1-7,10H,8-9H2. The van der Waals surface area contributed by atoms with E-state index in [9.17, 15) is 28.6 Å². The lowest BCUT2D eigenvalue weighted by Gasteiger charge is -2.07. The summed E-state index contributed by atoms with van der Waals surface area (Å²) in [5, 5.41) is 21.6. The van der Waals surface area contributed by atoms with Crippen LogP contribution in [0.25, 0.3) is 0 Å². The van der Waals surface area contributed by atoms with Crippen LogP contribution in [0.15, 0.2) is 48.5 Å². The number of nitrogens with zero attached hydrogens (tertiary/aromatic N) is 2. The lowest BCUT2D eigenvalue weighted by molar-refractivity contribution is -0.394. The SMILES string of the molecule is O=[N+]([O-])c1ccc(OS(=O)(=O)CCc2ccccc2)c([N+](=O)[O-])c1. The molecule has 0 aromatic heterocycles. The van der Waals surface area contributed by atoms with E-state index in [1.807, 2.05) is 0 Å². The molecular formula is C14H12N2O7S. The molecule has 2 rings (SSSR count). The van der Waals surface area contributed by atoms with E-state index in [2.05, 4.69) is 0 Å². The molecule has 0 saturated carbocycles. The van der Waals surface area contributed by atoms with Crippen molar-refractivity contribution in [2.24, 2.45) is 0 Å². The summed E-state index contributed by atoms with van der Waals surface area (Å²) in [5.74, 6) is -0.941. The second kappa shape index (κ2) is 7.04. The zero-order valence-corrected chi connectivity index (χ0v) is 13.0. The molecule has 0 saturated heterocycles. The molecule has 24 heavy (non-hydrogen) atoms. The first-order valence-corrected chi connectivity index (χ1v) is 8.25. The van der Waals surface area contributed by atoms with Crippen LogP contribution >= 0.6 is 0 Å². The van der Waals surface area contributed by atoms with Gasteiger partial charge in [0.25, 0.3) is 5.69 Å². The first-order valence-electron chi connectivity index (χ1n) is 6.67. The van der Waals surface area contributed by atoms with Crippen LogP contribution in [0.5, 0.6) is 5.75 Å². The Balaban J connectivity index is 2.19. The molecule has 9 nitrogen and oxygen atoms in total. The molecule has 2 aromatic carbocycles. The van der Waals surface area contributed by atoms with E-state index in [4.69, 9.17) is 4.18 Å². The number of non-ortho nitro benzene ring substituents is 1. The summed E-state index contributed by atoms with van der Waals surface area (Å²) in [5.41, 5.74) is -0.550. The average Bonchev–Trinajstić information content (AvgIpc) is 2.53. The Bertz CT molecular complexity index is 866. The molecule has 2 aromatic rings. The molecule has 0 spiro atoms. The quantitative estimate of drug-likeness (QED) is 0.425. The van der Waals surface area contributed by atoms with E-state index in [0.29, 0.717) is 6.07 Å². The zero-order chi connectivity index (χ0) is 17.7. The van der Waals surface area contributed by atoms with Gasteiger partial charge in [-0.2, -0.15) is 8.42 Å². The van der Waals surface area contributed by atoms with Gasteiger partial charge in [-0.3, -0.25) is 20.2 Å². The van der Waals surface area contributed by atoms with Crippen molar-refractivity contribution in [3.05, 3.63) is 74.3 Å². The number of hydrogen-bond acceptors (Lipinski definition) is 7. The predicted octanol–water partition coefficient (Wildman–Crippen LogP) is 2.45. The van der Waals surface area contributed by atoms with Crippen molar-refractivity contribution in [2.75, 3.05) is 5.75 Å². The van der Waals surface area contributed by atoms with E-state index in [1.54, 1.807) is 30.3 Å². The predicted molar refractivity (Wildman–Crippen MR) is 84.3 cm³/mol. The normalized spacial score (nSPS) is 11.0. The molecule has 0 N–H and O–H groups in total. The maximum atomic E-state index is 12.0. The summed E-state index contributed by atoms with van der Waals surface area (Å²) >= 11 is 0. The fraction of sp³-hybridized carbons (Fsp3) is 0.143. The van der Waals surface area contributed by atoms with Gasteiger partial charge in [0.1, 0.15) is 0 Å². The molecule has 126 valence electrons. The van der Waals surface area contributed by atoms with Gasteiger partial charge < -0.3 is 4.18 Å². The molecule has 10 heteroatoms. The van der Waals surface area contributed by atoms with Gasteiger partial charge >= 0.3 is 15.8 Å². The van der Waals surface area contributed by atoms with Crippen molar-refractivity contribution >= 4 is 21.5 Å². The Morgan fingerprint density at radius 3 is 2.21 bits per heavy atom. The number of aryl methyl sites for hydroxylation is 1. The van der Waals surface area contributed by atoms with Crippen molar-refractivity contribution in [3.63, 3.8) is 0 Å². The molecule has 0 fully saturated rings. The molecular weight excluding hydrogens is 340 g/mol. The van der Waals surface area contributed by atoms with Gasteiger partial charge in [-0.15, -0.1) is 0 Å². The van der Waals surface area contributed by atoms with E-state index in [1.165, 1.54) is 0 Å². The van der Waals surface area contributed by atoms with Crippen molar-refractivity contribution in [1.82, 2.24) is 0 Å². The lowest BCUT2D eigenvalue weighted by atomic mass is 10.2. The second-order valence-electron chi connectivity index (χ2n) is 4.75. The van der Waals surface area contributed by atoms with E-state index in [0.717, 1.165) is 17.7 Å². The summed E-state index contributed by atoms with van der Waals surface area (Å²) in [6.07, 6.45) is 0.171. The fourth-order valence-corrected chi connectivity index (χ4v) is 2.88. The van der Waals surface area contributed by atoms with Gasteiger partial charge in [-0.1, -0.05) is 30.3 Å². The molecule has 0 unspecified atom stereocenters. The molecule has 0 atom stereocenters. The van der Waals surface area contributed by atoms with Gasteiger partial charge in [-0.25, -0.2) is 0 Å². The van der Waals surface area contributed by atoms with Gasteiger partial charge in [0.2, 0.25) is 5.75 Å². The monoisotopic (exact) mass is 352 g/mol. The third-order valence-electron chi connectivity index (χ3n) is 3.05. The molecule has 0 heterocycles. The van der Waals surface area contributed by atoms with Gasteiger partial charge in [0, 0.05) is 6.07 Å². The first-order chi connectivity index (χ1) is 11.3. The maximum Gasteiger partial charge on any atom is 0.319 e. The molecule has 0 aliphatic heterocycles. The number of nitro benzene ring substituents is 2. The van der Waals surface area contributed by atoms with Crippen LogP contribution in [0.2, 0.25) is 0 Å². The van der Waals surface area contributed by atoms with Crippen molar-refractivity contribution < 1.29 is 22.4 Å². The van der Waals surface area contributed by atoms with Crippen LogP contribution in [0, 0.1) is 20.2 Å². The number of rotatable bonds is 7. The van der Waals surface area contributed by atoms with Crippen LogP contribution in [-0.4, -0.2) is 24.0 Å². The van der Waals surface area contributed by atoms with Crippen molar-refractivity contribution in [2.45, 2.75) is 6.42 Å². The molecule has 0 radical (unpaired) electrons. The van der Waals surface area contributed by atoms with Gasteiger partial charge in [-0.05, 0) is 18.1 Å². The highest BCUT2D eigenvalue weighted by Gasteiger charge is 2.24. The van der Waals surface area contributed by atoms with E-state index < -0.39 is 37.1 Å². The third kappa shape index (κ3) is 4.49. The smallest absolute Gasteiger partial charge is 0.319 e. The summed E-state index contributed by atoms with van der Waals surface area (Å²) in [6, 6.07) is 11.3. The minimum Gasteiger partial charge on any atom is -0.375 e. The molecule has 0 amide bonds. The molecule has 0 bridgehead atoms. The number of benzene rings is 2. The summed E-state index contributed by atoms with van der Waals surface area (Å²) in [4.78, 5) is 19.9. The second-order valence-corrected chi connectivity index (χ2v) is 6.44. The zero-order valence-electron chi connectivity index (χ0n) is 12.2. The molecule has 0 aliphatic rings. The summed E-state index contributed by atoms with van der Waals surface area (Å²) in [6.45, 7) is 0. The maximum absolute atomic E-state index is 12.0. The first kappa shape index (κ1) is 17.3. The largest absolute Gasteiger partial charge is 0.375 e. The van der Waals surface area contributed by atoms with E-state index >= 15 is 0 Å². The molecule has 0 aliphatic carbocycles. The minimum atomic E-state index is -4.10.